The van der Waals surface area contributed by atoms with Crippen molar-refractivity contribution in [2.45, 2.75) is 45.2 Å². The number of rotatable bonds is 9. The molecule has 1 N–H and O–H groups in total. The lowest BCUT2D eigenvalue weighted by Gasteiger charge is -2.34. The van der Waals surface area contributed by atoms with Crippen molar-refractivity contribution in [1.82, 2.24) is 5.32 Å². The summed E-state index contributed by atoms with van der Waals surface area (Å²) in [7, 11) is -2.18. The fourth-order valence-electron chi connectivity index (χ4n) is 3.38. The zero-order chi connectivity index (χ0) is 21.7. The minimum absolute atomic E-state index is 0.331. The summed E-state index contributed by atoms with van der Waals surface area (Å²) in [4.78, 5) is 13.1. The molecule has 0 aliphatic carbocycles. The number of sulfonamides is 1. The third-order valence-electron chi connectivity index (χ3n) is 4.59. The van der Waals surface area contributed by atoms with Gasteiger partial charge in [0.15, 0.2) is 0 Å². The number of benzene rings is 2. The van der Waals surface area contributed by atoms with Crippen molar-refractivity contribution >= 4 is 21.6 Å². The van der Waals surface area contributed by atoms with Crippen LogP contribution in [0.15, 0.2) is 54.6 Å². The van der Waals surface area contributed by atoms with Gasteiger partial charge in [-0.2, -0.15) is 0 Å². The van der Waals surface area contributed by atoms with Crippen LogP contribution in [0, 0.1) is 0 Å². The highest BCUT2D eigenvalue weighted by Gasteiger charge is 2.34. The standard InChI is InChI=1S/C22H30N2O4S/c1-6-20(21(25)23-22(2,3)16-17-11-8-7-9-12-17)24(29(5,26)27)18-13-10-14-19(15-18)28-4/h7-15,20H,6,16H2,1-5H3,(H,23,25). The number of carbonyl (C=O) groups excluding carboxylic acids is 1. The van der Waals surface area contributed by atoms with Crippen LogP contribution in [0.3, 0.4) is 0 Å². The highest BCUT2D eigenvalue weighted by Crippen LogP contribution is 2.27. The van der Waals surface area contributed by atoms with Crippen LogP contribution in [-0.2, 0) is 21.2 Å². The Balaban J connectivity index is 2.30. The Kier molecular flexibility index (Phi) is 7.30. The average molecular weight is 419 g/mol. The van der Waals surface area contributed by atoms with Gasteiger partial charge in [0, 0.05) is 11.6 Å². The van der Waals surface area contributed by atoms with Crippen molar-refractivity contribution in [2.24, 2.45) is 0 Å². The molecule has 0 aliphatic rings. The van der Waals surface area contributed by atoms with Gasteiger partial charge in [-0.3, -0.25) is 9.10 Å². The Bertz CT molecular complexity index is 927. The second-order valence-corrected chi connectivity index (χ2v) is 9.58. The van der Waals surface area contributed by atoms with Gasteiger partial charge < -0.3 is 10.1 Å². The molecule has 1 atom stereocenters. The second-order valence-electron chi connectivity index (χ2n) is 7.72. The molecular weight excluding hydrogens is 388 g/mol. The minimum atomic E-state index is -3.70. The van der Waals surface area contributed by atoms with Gasteiger partial charge in [-0.25, -0.2) is 8.42 Å². The number of anilines is 1. The molecule has 158 valence electrons. The van der Waals surface area contributed by atoms with E-state index < -0.39 is 21.6 Å². The molecule has 29 heavy (non-hydrogen) atoms. The molecule has 1 unspecified atom stereocenters. The zero-order valence-corrected chi connectivity index (χ0v) is 18.5. The lowest BCUT2D eigenvalue weighted by atomic mass is 9.94. The summed E-state index contributed by atoms with van der Waals surface area (Å²) >= 11 is 0. The number of amides is 1. The molecule has 2 rings (SSSR count). The Hall–Kier alpha value is -2.54. The molecule has 0 saturated heterocycles. The molecule has 0 spiro atoms. The second kappa shape index (κ2) is 9.31. The summed E-state index contributed by atoms with van der Waals surface area (Å²) < 4.78 is 31.6. The highest BCUT2D eigenvalue weighted by molar-refractivity contribution is 7.92. The molecular formula is C22H30N2O4S. The number of carbonyl (C=O) groups is 1. The van der Waals surface area contributed by atoms with Crippen LogP contribution in [-0.4, -0.2) is 39.3 Å². The molecule has 0 fully saturated rings. The van der Waals surface area contributed by atoms with Crippen molar-refractivity contribution in [1.29, 1.82) is 0 Å². The molecule has 0 radical (unpaired) electrons. The quantitative estimate of drug-likeness (QED) is 0.677. The van der Waals surface area contributed by atoms with Crippen LogP contribution in [0.1, 0.15) is 32.8 Å². The molecule has 0 saturated carbocycles. The molecule has 2 aromatic rings. The van der Waals surface area contributed by atoms with Gasteiger partial charge >= 0.3 is 0 Å². The number of hydrogen-bond donors (Lipinski definition) is 1. The molecule has 0 aliphatic heterocycles. The summed E-state index contributed by atoms with van der Waals surface area (Å²) in [5.41, 5.74) is 0.956. The number of nitrogens with one attached hydrogen (secondary N) is 1. The summed E-state index contributed by atoms with van der Waals surface area (Å²) in [5.74, 6) is 0.192. The molecule has 0 bridgehead atoms. The van der Waals surface area contributed by atoms with Gasteiger partial charge in [-0.15, -0.1) is 0 Å². The maximum absolute atomic E-state index is 13.1. The summed E-state index contributed by atoms with van der Waals surface area (Å²) in [6.07, 6.45) is 2.07. The van der Waals surface area contributed by atoms with E-state index in [4.69, 9.17) is 4.74 Å². The molecule has 0 heterocycles. The van der Waals surface area contributed by atoms with Gasteiger partial charge in [-0.1, -0.05) is 43.3 Å². The smallest absolute Gasteiger partial charge is 0.244 e. The van der Waals surface area contributed by atoms with Crippen LogP contribution in [0.25, 0.3) is 0 Å². The maximum Gasteiger partial charge on any atom is 0.244 e. The number of methoxy groups -OCH3 is 1. The van der Waals surface area contributed by atoms with E-state index in [1.165, 1.54) is 11.4 Å². The Labute approximate surface area is 173 Å². The highest BCUT2D eigenvalue weighted by atomic mass is 32.2. The van der Waals surface area contributed by atoms with Crippen LogP contribution >= 0.6 is 0 Å². The van der Waals surface area contributed by atoms with Crippen molar-refractivity contribution in [3.8, 4) is 5.75 Å². The number of hydrogen-bond acceptors (Lipinski definition) is 4. The van der Waals surface area contributed by atoms with E-state index in [0.717, 1.165) is 11.8 Å². The third kappa shape index (κ3) is 6.22. The Morgan fingerprint density at radius 1 is 1.14 bits per heavy atom. The zero-order valence-electron chi connectivity index (χ0n) is 17.7. The van der Waals surface area contributed by atoms with Gasteiger partial charge in [0.25, 0.3) is 0 Å². The molecule has 7 heteroatoms. The first-order valence-corrected chi connectivity index (χ1v) is 11.4. The van der Waals surface area contributed by atoms with E-state index >= 15 is 0 Å². The van der Waals surface area contributed by atoms with E-state index in [1.807, 2.05) is 44.2 Å². The lowest BCUT2D eigenvalue weighted by Crippen LogP contribution is -2.55. The fraction of sp³-hybridized carbons (Fsp3) is 0.409. The van der Waals surface area contributed by atoms with E-state index in [0.29, 0.717) is 24.3 Å². The Morgan fingerprint density at radius 3 is 2.34 bits per heavy atom. The predicted octanol–water partition coefficient (Wildman–Crippen LogP) is 3.38. The summed E-state index contributed by atoms with van der Waals surface area (Å²) in [6.45, 7) is 5.66. The van der Waals surface area contributed by atoms with E-state index in [2.05, 4.69) is 5.32 Å². The van der Waals surface area contributed by atoms with E-state index in [9.17, 15) is 13.2 Å². The molecule has 1 amide bonds. The topological polar surface area (TPSA) is 75.7 Å². The van der Waals surface area contributed by atoms with Gasteiger partial charge in [0.05, 0.1) is 19.1 Å². The summed E-state index contributed by atoms with van der Waals surface area (Å²) in [5, 5.41) is 3.03. The summed E-state index contributed by atoms with van der Waals surface area (Å²) in [6, 6.07) is 15.7. The SMILES string of the molecule is CCC(C(=O)NC(C)(C)Cc1ccccc1)N(c1cccc(OC)c1)S(C)(=O)=O. The van der Waals surface area contributed by atoms with Crippen molar-refractivity contribution in [3.05, 3.63) is 60.2 Å². The average Bonchev–Trinajstić information content (AvgIpc) is 2.64. The lowest BCUT2D eigenvalue weighted by molar-refractivity contribution is -0.123. The van der Waals surface area contributed by atoms with Crippen molar-refractivity contribution in [2.75, 3.05) is 17.7 Å². The van der Waals surface area contributed by atoms with E-state index in [1.54, 1.807) is 31.2 Å². The predicted molar refractivity (Wildman–Crippen MR) is 117 cm³/mol. The van der Waals surface area contributed by atoms with Crippen LogP contribution in [0.5, 0.6) is 5.75 Å². The van der Waals surface area contributed by atoms with E-state index in [-0.39, 0.29) is 5.91 Å². The van der Waals surface area contributed by atoms with Crippen molar-refractivity contribution < 1.29 is 17.9 Å². The molecule has 0 aromatic heterocycles. The molecule has 2 aromatic carbocycles. The van der Waals surface area contributed by atoms with Crippen LogP contribution < -0.4 is 14.4 Å². The fourth-order valence-corrected chi connectivity index (χ4v) is 4.58. The minimum Gasteiger partial charge on any atom is -0.497 e. The first kappa shape index (κ1) is 22.7. The first-order valence-electron chi connectivity index (χ1n) is 9.57. The van der Waals surface area contributed by atoms with Gasteiger partial charge in [0.2, 0.25) is 15.9 Å². The third-order valence-corrected chi connectivity index (χ3v) is 5.77. The molecule has 6 nitrogen and oxygen atoms in total. The number of ether oxygens (including phenoxy) is 1. The van der Waals surface area contributed by atoms with Gasteiger partial charge in [-0.05, 0) is 44.4 Å². The monoisotopic (exact) mass is 418 g/mol. The van der Waals surface area contributed by atoms with Crippen LogP contribution in [0.4, 0.5) is 5.69 Å². The normalized spacial score (nSPS) is 12.9. The van der Waals surface area contributed by atoms with Crippen molar-refractivity contribution in [3.63, 3.8) is 0 Å². The maximum atomic E-state index is 13.1. The first-order chi connectivity index (χ1) is 13.6. The Morgan fingerprint density at radius 2 is 1.79 bits per heavy atom. The van der Waals surface area contributed by atoms with Gasteiger partial charge in [0.1, 0.15) is 11.8 Å². The number of nitrogens with zero attached hydrogens (tertiary/aromatic N) is 1. The largest absolute Gasteiger partial charge is 0.497 e. The van der Waals surface area contributed by atoms with Crippen LogP contribution in [0.2, 0.25) is 0 Å².